The maximum atomic E-state index is 14.7. The molecule has 0 aliphatic carbocycles. The van der Waals surface area contributed by atoms with Gasteiger partial charge in [0.05, 0.1) is 6.61 Å². The van der Waals surface area contributed by atoms with Crippen molar-refractivity contribution in [2.75, 3.05) is 12.4 Å². The Bertz CT molecular complexity index is 1530. The van der Waals surface area contributed by atoms with E-state index >= 15 is 0 Å². The van der Waals surface area contributed by atoms with Gasteiger partial charge in [0, 0.05) is 28.9 Å². The first-order valence-corrected chi connectivity index (χ1v) is 16.2. The molecular formula is C37H38F2O5S. The topological polar surface area (TPSA) is 83.8 Å². The second kappa shape index (κ2) is 17.4. The standard InChI is InChI=1S/C37H38F2O5S/c38-33-15-6-4-13-30(33)27-23-28(31-14-5-7-16-34(31)39)25-29(24-27)45-22-8-2-1-3-11-26-12-9-17-35(32(26)19-20-37(42)43)44-21-10-18-36(40)41/h4-7,9,12-17,23-25H,1-3,8,10-11,18-22H2,(H,40,41)(H,42,43). The van der Waals surface area contributed by atoms with Crippen molar-refractivity contribution in [2.24, 2.45) is 0 Å². The Hall–Kier alpha value is -4.17. The molecule has 4 aromatic carbocycles. The molecule has 0 unspecified atom stereocenters. The van der Waals surface area contributed by atoms with Gasteiger partial charge in [0.25, 0.3) is 0 Å². The van der Waals surface area contributed by atoms with E-state index in [0.29, 0.717) is 40.8 Å². The van der Waals surface area contributed by atoms with Crippen molar-refractivity contribution in [1.82, 2.24) is 0 Å². The fraction of sp³-hybridized carbons (Fsp3) is 0.297. The minimum Gasteiger partial charge on any atom is -0.493 e. The molecule has 0 radical (unpaired) electrons. The number of carboxylic acids is 2. The van der Waals surface area contributed by atoms with Crippen molar-refractivity contribution < 1.29 is 33.3 Å². The van der Waals surface area contributed by atoms with Crippen LogP contribution in [0, 0.1) is 11.6 Å². The molecule has 0 heterocycles. The largest absolute Gasteiger partial charge is 0.493 e. The van der Waals surface area contributed by atoms with E-state index in [2.05, 4.69) is 0 Å². The van der Waals surface area contributed by atoms with Gasteiger partial charge in [0.1, 0.15) is 17.4 Å². The summed E-state index contributed by atoms with van der Waals surface area (Å²) in [6.45, 7) is 0.262. The highest BCUT2D eigenvalue weighted by molar-refractivity contribution is 7.99. The van der Waals surface area contributed by atoms with Gasteiger partial charge in [-0.25, -0.2) is 8.78 Å². The molecule has 0 amide bonds. The zero-order chi connectivity index (χ0) is 32.0. The molecule has 0 atom stereocenters. The van der Waals surface area contributed by atoms with Crippen LogP contribution in [-0.2, 0) is 22.4 Å². The molecule has 0 fully saturated rings. The molecule has 0 aliphatic heterocycles. The maximum Gasteiger partial charge on any atom is 0.303 e. The zero-order valence-corrected chi connectivity index (χ0v) is 26.0. The number of unbranched alkanes of at least 4 members (excludes halogenated alkanes) is 3. The summed E-state index contributed by atoms with van der Waals surface area (Å²) in [6.07, 6.45) is 5.48. The zero-order valence-electron chi connectivity index (χ0n) is 25.1. The summed E-state index contributed by atoms with van der Waals surface area (Å²) >= 11 is 1.68. The monoisotopic (exact) mass is 632 g/mol. The molecule has 5 nitrogen and oxygen atoms in total. The van der Waals surface area contributed by atoms with E-state index in [-0.39, 0.29) is 31.1 Å². The predicted octanol–water partition coefficient (Wildman–Crippen LogP) is 9.45. The van der Waals surface area contributed by atoms with Crippen molar-refractivity contribution in [3.63, 3.8) is 0 Å². The first-order valence-electron chi connectivity index (χ1n) is 15.3. The minimum atomic E-state index is -0.875. The number of ether oxygens (including phenoxy) is 1. The molecule has 4 rings (SSSR count). The van der Waals surface area contributed by atoms with Gasteiger partial charge in [-0.2, -0.15) is 0 Å². The third-order valence-electron chi connectivity index (χ3n) is 7.50. The van der Waals surface area contributed by atoms with Crippen LogP contribution in [0.4, 0.5) is 8.78 Å². The number of aryl methyl sites for hydroxylation is 1. The Morgan fingerprint density at radius 1 is 0.667 bits per heavy atom. The predicted molar refractivity (Wildman–Crippen MR) is 175 cm³/mol. The maximum absolute atomic E-state index is 14.7. The lowest BCUT2D eigenvalue weighted by Gasteiger charge is -2.15. The Morgan fingerprint density at radius 3 is 1.91 bits per heavy atom. The van der Waals surface area contributed by atoms with Gasteiger partial charge in [-0.15, -0.1) is 11.8 Å². The van der Waals surface area contributed by atoms with Gasteiger partial charge in [0.15, 0.2) is 0 Å². The second-order valence-electron chi connectivity index (χ2n) is 10.9. The molecule has 45 heavy (non-hydrogen) atoms. The molecule has 0 aromatic heterocycles. The van der Waals surface area contributed by atoms with Crippen LogP contribution in [0.3, 0.4) is 0 Å². The van der Waals surface area contributed by atoms with Gasteiger partial charge in [0.2, 0.25) is 0 Å². The van der Waals surface area contributed by atoms with E-state index in [4.69, 9.17) is 9.84 Å². The molecule has 4 aromatic rings. The summed E-state index contributed by atoms with van der Waals surface area (Å²) in [4.78, 5) is 23.0. The number of carbonyl (C=O) groups is 2. The SMILES string of the molecule is O=C(O)CCCOc1cccc(CCCCCCSc2cc(-c3ccccc3F)cc(-c3ccccc3F)c2)c1CCC(=O)O. The smallest absolute Gasteiger partial charge is 0.303 e. The highest BCUT2D eigenvalue weighted by Gasteiger charge is 2.13. The van der Waals surface area contributed by atoms with E-state index in [1.54, 1.807) is 48.2 Å². The fourth-order valence-corrected chi connectivity index (χ4v) is 6.25. The van der Waals surface area contributed by atoms with Gasteiger partial charge in [-0.3, -0.25) is 9.59 Å². The number of aliphatic carboxylic acids is 2. The van der Waals surface area contributed by atoms with Crippen LogP contribution in [0.1, 0.15) is 56.1 Å². The van der Waals surface area contributed by atoms with Crippen LogP contribution in [0.15, 0.2) is 89.8 Å². The van der Waals surface area contributed by atoms with Gasteiger partial charge in [-0.1, -0.05) is 61.4 Å². The number of hydrogen-bond acceptors (Lipinski definition) is 4. The van der Waals surface area contributed by atoms with Crippen LogP contribution in [0.25, 0.3) is 22.3 Å². The van der Waals surface area contributed by atoms with Crippen molar-refractivity contribution in [1.29, 1.82) is 0 Å². The van der Waals surface area contributed by atoms with Crippen LogP contribution < -0.4 is 4.74 Å². The number of rotatable bonds is 18. The molecule has 0 saturated heterocycles. The third kappa shape index (κ3) is 10.5. The first kappa shape index (κ1) is 33.7. The van der Waals surface area contributed by atoms with E-state index in [1.807, 2.05) is 36.4 Å². The molecule has 8 heteroatoms. The lowest BCUT2D eigenvalue weighted by Crippen LogP contribution is -2.07. The third-order valence-corrected chi connectivity index (χ3v) is 8.56. The average Bonchev–Trinajstić information content (AvgIpc) is 3.02. The van der Waals surface area contributed by atoms with Crippen molar-refractivity contribution in [3.05, 3.63) is 108 Å². The number of benzene rings is 4. The number of carboxylic acid groups (broad SMARTS) is 2. The molecule has 0 spiro atoms. The molecule has 236 valence electrons. The Balaban J connectivity index is 1.33. The van der Waals surface area contributed by atoms with Gasteiger partial charge >= 0.3 is 11.9 Å². The normalized spacial score (nSPS) is 11.0. The minimum absolute atomic E-state index is 0.00351. The Labute approximate surface area is 267 Å². The summed E-state index contributed by atoms with van der Waals surface area (Å²) in [5, 5.41) is 18.1. The molecule has 0 bridgehead atoms. The highest BCUT2D eigenvalue weighted by Crippen LogP contribution is 2.35. The summed E-state index contributed by atoms with van der Waals surface area (Å²) in [5.41, 5.74) is 4.33. The van der Waals surface area contributed by atoms with Gasteiger partial charge in [-0.05, 0) is 96.5 Å². The Morgan fingerprint density at radius 2 is 1.29 bits per heavy atom. The summed E-state index contributed by atoms with van der Waals surface area (Å²) in [7, 11) is 0. The quantitative estimate of drug-likeness (QED) is 0.0840. The second-order valence-corrected chi connectivity index (χ2v) is 12.0. The lowest BCUT2D eigenvalue weighted by atomic mass is 9.97. The van der Waals surface area contributed by atoms with Crippen LogP contribution in [0.2, 0.25) is 0 Å². The van der Waals surface area contributed by atoms with E-state index < -0.39 is 11.9 Å². The molecule has 0 saturated carbocycles. The first-order chi connectivity index (χ1) is 21.8. The number of hydrogen-bond donors (Lipinski definition) is 2. The number of halogens is 2. The van der Waals surface area contributed by atoms with Crippen LogP contribution in [-0.4, -0.2) is 34.5 Å². The van der Waals surface area contributed by atoms with E-state index in [1.165, 1.54) is 12.1 Å². The summed E-state index contributed by atoms with van der Waals surface area (Å²) in [6, 6.07) is 24.7. The van der Waals surface area contributed by atoms with E-state index in [0.717, 1.165) is 53.9 Å². The van der Waals surface area contributed by atoms with Crippen LogP contribution >= 0.6 is 11.8 Å². The number of thioether (sulfide) groups is 1. The highest BCUT2D eigenvalue weighted by atomic mass is 32.2. The van der Waals surface area contributed by atoms with E-state index in [9.17, 15) is 23.5 Å². The van der Waals surface area contributed by atoms with Crippen molar-refractivity contribution >= 4 is 23.7 Å². The molecule has 0 aliphatic rings. The summed E-state index contributed by atoms with van der Waals surface area (Å²) < 4.78 is 35.2. The van der Waals surface area contributed by atoms with Crippen molar-refractivity contribution in [2.45, 2.75) is 62.7 Å². The average molecular weight is 633 g/mol. The van der Waals surface area contributed by atoms with Crippen LogP contribution in [0.5, 0.6) is 5.75 Å². The van der Waals surface area contributed by atoms with Crippen molar-refractivity contribution in [3.8, 4) is 28.0 Å². The summed E-state index contributed by atoms with van der Waals surface area (Å²) in [5.74, 6) is -0.898. The molecule has 2 N–H and O–H groups in total. The fourth-order valence-electron chi connectivity index (χ4n) is 5.25. The Kier molecular flexibility index (Phi) is 13.0. The van der Waals surface area contributed by atoms with Gasteiger partial charge < -0.3 is 14.9 Å². The lowest BCUT2D eigenvalue weighted by molar-refractivity contribution is -0.138. The molecular weight excluding hydrogens is 594 g/mol.